The van der Waals surface area contributed by atoms with Gasteiger partial charge in [-0.2, -0.15) is 4.31 Å². The molecule has 1 aliphatic rings. The summed E-state index contributed by atoms with van der Waals surface area (Å²) < 4.78 is 31.5. The zero-order valence-corrected chi connectivity index (χ0v) is 14.1. The van der Waals surface area contributed by atoms with Crippen molar-refractivity contribution in [1.29, 1.82) is 0 Å². The van der Waals surface area contributed by atoms with Gasteiger partial charge in [-0.15, -0.1) is 0 Å². The van der Waals surface area contributed by atoms with Gasteiger partial charge in [0.15, 0.2) is 0 Å². The summed E-state index contributed by atoms with van der Waals surface area (Å²) in [5.41, 5.74) is 0. The van der Waals surface area contributed by atoms with Crippen LogP contribution in [-0.2, 0) is 19.6 Å². The van der Waals surface area contributed by atoms with Gasteiger partial charge in [-0.25, -0.2) is 8.42 Å². The number of amides is 1. The molecule has 0 aromatic carbocycles. The fourth-order valence-electron chi connectivity index (χ4n) is 2.51. The lowest BCUT2D eigenvalue weighted by Crippen LogP contribution is -2.42. The molecule has 1 fully saturated rings. The number of nitrogens with zero attached hydrogens (tertiary/aromatic N) is 2. The van der Waals surface area contributed by atoms with E-state index in [-0.39, 0.29) is 17.4 Å². The van der Waals surface area contributed by atoms with E-state index in [0.29, 0.717) is 32.2 Å². The van der Waals surface area contributed by atoms with Gasteiger partial charge < -0.3 is 10.1 Å². The van der Waals surface area contributed by atoms with Crippen LogP contribution < -0.4 is 5.32 Å². The van der Waals surface area contributed by atoms with E-state index in [1.165, 1.54) is 10.5 Å². The Balaban J connectivity index is 1.81. The highest BCUT2D eigenvalue weighted by molar-refractivity contribution is 7.89. The van der Waals surface area contributed by atoms with Crippen LogP contribution in [0.1, 0.15) is 19.8 Å². The average molecular weight is 341 g/mol. The van der Waals surface area contributed by atoms with Crippen molar-refractivity contribution in [2.24, 2.45) is 5.92 Å². The fraction of sp³-hybridized carbons (Fsp3) is 0.600. The summed E-state index contributed by atoms with van der Waals surface area (Å²) in [4.78, 5) is 15.6. The molecule has 0 radical (unpaired) electrons. The van der Waals surface area contributed by atoms with Crippen LogP contribution in [0.25, 0.3) is 0 Å². The molecular weight excluding hydrogens is 318 g/mol. The van der Waals surface area contributed by atoms with E-state index >= 15 is 0 Å². The highest BCUT2D eigenvalue weighted by Crippen LogP contribution is 2.22. The summed E-state index contributed by atoms with van der Waals surface area (Å²) in [7, 11) is -3.47. The van der Waals surface area contributed by atoms with E-state index in [9.17, 15) is 13.2 Å². The third kappa shape index (κ3) is 4.98. The molecule has 0 spiro atoms. The normalized spacial score (nSPS) is 17.1. The fourth-order valence-corrected chi connectivity index (χ4v) is 3.94. The summed E-state index contributed by atoms with van der Waals surface area (Å²) in [5.74, 6) is 0.165. The van der Waals surface area contributed by atoms with Crippen LogP contribution >= 0.6 is 0 Å². The number of hydrogen-bond acceptors (Lipinski definition) is 5. The van der Waals surface area contributed by atoms with E-state index in [1.54, 1.807) is 18.3 Å². The van der Waals surface area contributed by atoms with Crippen molar-refractivity contribution < 1.29 is 17.9 Å². The van der Waals surface area contributed by atoms with Gasteiger partial charge in [0, 0.05) is 38.6 Å². The van der Waals surface area contributed by atoms with Crippen molar-refractivity contribution in [3.63, 3.8) is 0 Å². The van der Waals surface area contributed by atoms with E-state index < -0.39 is 10.0 Å². The number of rotatable bonds is 7. The van der Waals surface area contributed by atoms with Crippen molar-refractivity contribution >= 4 is 15.9 Å². The maximum absolute atomic E-state index is 12.5. The van der Waals surface area contributed by atoms with Crippen LogP contribution in [0.15, 0.2) is 29.4 Å². The van der Waals surface area contributed by atoms with Crippen molar-refractivity contribution in [3.8, 4) is 0 Å². The maximum Gasteiger partial charge on any atom is 0.246 e. The van der Waals surface area contributed by atoms with Gasteiger partial charge in [0.25, 0.3) is 0 Å². The lowest BCUT2D eigenvalue weighted by atomic mass is 9.98. The Morgan fingerprint density at radius 3 is 2.78 bits per heavy atom. The minimum Gasteiger partial charge on any atom is -0.372 e. The van der Waals surface area contributed by atoms with Crippen LogP contribution in [0.5, 0.6) is 0 Å². The van der Waals surface area contributed by atoms with Gasteiger partial charge in [-0.3, -0.25) is 9.78 Å². The second kappa shape index (κ2) is 8.37. The Kier molecular flexibility index (Phi) is 6.49. The Bertz CT molecular complexity index is 598. The standard InChI is InChI=1S/C15H23N3O4S/c1-2-22-12-15(19)17-10-13-5-8-18(9-6-13)23(20,21)14-4-3-7-16-11-14/h3-4,7,11,13H,2,5-6,8-10,12H2,1H3,(H,17,19). The Labute approximate surface area is 137 Å². The van der Waals surface area contributed by atoms with E-state index in [0.717, 1.165) is 12.8 Å². The summed E-state index contributed by atoms with van der Waals surface area (Å²) in [6, 6.07) is 3.18. The molecule has 0 aliphatic carbocycles. The first-order valence-corrected chi connectivity index (χ1v) is 9.22. The van der Waals surface area contributed by atoms with Crippen LogP contribution in [0, 0.1) is 5.92 Å². The van der Waals surface area contributed by atoms with Gasteiger partial charge in [0.2, 0.25) is 15.9 Å². The smallest absolute Gasteiger partial charge is 0.246 e. The first kappa shape index (κ1) is 17.8. The molecule has 1 aliphatic heterocycles. The third-order valence-electron chi connectivity index (χ3n) is 3.87. The monoisotopic (exact) mass is 341 g/mol. The Hall–Kier alpha value is -1.51. The zero-order chi connectivity index (χ0) is 16.7. The van der Waals surface area contributed by atoms with Crippen molar-refractivity contribution in [3.05, 3.63) is 24.5 Å². The molecule has 7 nitrogen and oxygen atoms in total. The van der Waals surface area contributed by atoms with Crippen LogP contribution in [0.2, 0.25) is 0 Å². The summed E-state index contributed by atoms with van der Waals surface area (Å²) in [6.45, 7) is 3.91. The predicted octanol–water partition coefficient (Wildman–Crippen LogP) is 0.635. The van der Waals surface area contributed by atoms with Crippen LogP contribution in [0.3, 0.4) is 0 Å². The summed E-state index contributed by atoms with van der Waals surface area (Å²) in [6.07, 6.45) is 4.38. The molecule has 1 aromatic rings. The van der Waals surface area contributed by atoms with Gasteiger partial charge in [0.05, 0.1) is 0 Å². The minimum absolute atomic E-state index is 0.0741. The van der Waals surface area contributed by atoms with Crippen molar-refractivity contribution in [2.75, 3.05) is 32.8 Å². The number of piperidine rings is 1. The molecule has 0 atom stereocenters. The number of hydrogen-bond donors (Lipinski definition) is 1. The Morgan fingerprint density at radius 2 is 2.17 bits per heavy atom. The van der Waals surface area contributed by atoms with Crippen LogP contribution in [0.4, 0.5) is 0 Å². The minimum atomic E-state index is -3.47. The van der Waals surface area contributed by atoms with E-state index in [1.807, 2.05) is 6.92 Å². The number of pyridine rings is 1. The molecule has 0 unspecified atom stereocenters. The Morgan fingerprint density at radius 1 is 1.43 bits per heavy atom. The second-order valence-corrected chi connectivity index (χ2v) is 7.42. The largest absolute Gasteiger partial charge is 0.372 e. The number of nitrogens with one attached hydrogen (secondary N) is 1. The lowest BCUT2D eigenvalue weighted by molar-refractivity contribution is -0.125. The quantitative estimate of drug-likeness (QED) is 0.786. The molecule has 128 valence electrons. The SMILES string of the molecule is CCOCC(=O)NCC1CCN(S(=O)(=O)c2cccnc2)CC1. The van der Waals surface area contributed by atoms with Gasteiger partial charge in [0.1, 0.15) is 11.5 Å². The summed E-state index contributed by atoms with van der Waals surface area (Å²) >= 11 is 0. The molecule has 8 heteroatoms. The maximum atomic E-state index is 12.5. The van der Waals surface area contributed by atoms with Gasteiger partial charge in [-0.05, 0) is 37.8 Å². The average Bonchev–Trinajstić information content (AvgIpc) is 2.59. The molecule has 1 amide bonds. The highest BCUT2D eigenvalue weighted by atomic mass is 32.2. The third-order valence-corrected chi connectivity index (χ3v) is 5.75. The van der Waals surface area contributed by atoms with Gasteiger partial charge >= 0.3 is 0 Å². The number of sulfonamides is 1. The van der Waals surface area contributed by atoms with Crippen LogP contribution in [-0.4, -0.2) is 56.5 Å². The molecule has 0 saturated carbocycles. The number of ether oxygens (including phenoxy) is 1. The first-order chi connectivity index (χ1) is 11.0. The number of carbonyl (C=O) groups excluding carboxylic acids is 1. The molecule has 1 saturated heterocycles. The van der Waals surface area contributed by atoms with Gasteiger partial charge in [-0.1, -0.05) is 0 Å². The molecule has 2 rings (SSSR count). The summed E-state index contributed by atoms with van der Waals surface area (Å²) in [5, 5.41) is 2.83. The topological polar surface area (TPSA) is 88.6 Å². The lowest BCUT2D eigenvalue weighted by Gasteiger charge is -2.31. The molecule has 1 N–H and O–H groups in total. The first-order valence-electron chi connectivity index (χ1n) is 7.78. The molecule has 0 bridgehead atoms. The van der Waals surface area contributed by atoms with E-state index in [4.69, 9.17) is 4.74 Å². The predicted molar refractivity (Wildman–Crippen MR) is 85.2 cm³/mol. The molecule has 2 heterocycles. The zero-order valence-electron chi connectivity index (χ0n) is 13.3. The molecule has 23 heavy (non-hydrogen) atoms. The highest BCUT2D eigenvalue weighted by Gasteiger charge is 2.29. The number of aromatic nitrogens is 1. The second-order valence-electron chi connectivity index (χ2n) is 5.48. The number of carbonyl (C=O) groups is 1. The van der Waals surface area contributed by atoms with Crippen molar-refractivity contribution in [2.45, 2.75) is 24.7 Å². The van der Waals surface area contributed by atoms with Crippen molar-refractivity contribution in [1.82, 2.24) is 14.6 Å². The molecular formula is C15H23N3O4S. The molecule has 1 aromatic heterocycles. The van der Waals surface area contributed by atoms with E-state index in [2.05, 4.69) is 10.3 Å².